The van der Waals surface area contributed by atoms with Crippen molar-refractivity contribution < 1.29 is 9.90 Å². The van der Waals surface area contributed by atoms with Crippen LogP contribution in [0.3, 0.4) is 0 Å². The lowest BCUT2D eigenvalue weighted by atomic mass is 10.3. The highest BCUT2D eigenvalue weighted by atomic mass is 32.1. The fraction of sp³-hybridized carbons (Fsp3) is 0.636. The summed E-state index contributed by atoms with van der Waals surface area (Å²) in [5.41, 5.74) is 0.705. The molecule has 1 aromatic rings. The fourth-order valence-electron chi connectivity index (χ4n) is 1.85. The Morgan fingerprint density at radius 1 is 1.41 bits per heavy atom. The van der Waals surface area contributed by atoms with E-state index in [4.69, 9.17) is 5.11 Å². The van der Waals surface area contributed by atoms with Crippen molar-refractivity contribution in [3.05, 3.63) is 10.6 Å². The minimum Gasteiger partial charge on any atom is -0.481 e. The van der Waals surface area contributed by atoms with E-state index in [-0.39, 0.29) is 6.42 Å². The van der Waals surface area contributed by atoms with Gasteiger partial charge in [-0.15, -0.1) is 11.3 Å². The third-order valence-electron chi connectivity index (χ3n) is 2.97. The summed E-state index contributed by atoms with van der Waals surface area (Å²) in [6, 6.07) is 0. The predicted molar refractivity (Wildman–Crippen MR) is 67.9 cm³/mol. The number of aliphatic carboxylic acids is 1. The lowest BCUT2D eigenvalue weighted by Crippen LogP contribution is -2.44. The first-order valence-electron chi connectivity index (χ1n) is 5.68. The van der Waals surface area contributed by atoms with Gasteiger partial charge in [0.05, 0.1) is 12.1 Å². The number of hydrogen-bond acceptors (Lipinski definition) is 5. The molecule has 17 heavy (non-hydrogen) atoms. The molecule has 0 spiro atoms. The molecule has 0 amide bonds. The Morgan fingerprint density at radius 2 is 2.06 bits per heavy atom. The molecule has 1 aromatic heterocycles. The molecule has 0 unspecified atom stereocenters. The maximum absolute atomic E-state index is 10.7. The Hall–Kier alpha value is -1.14. The van der Waals surface area contributed by atoms with Gasteiger partial charge in [0, 0.05) is 31.1 Å². The Kier molecular flexibility index (Phi) is 3.63. The molecule has 1 saturated heterocycles. The Morgan fingerprint density at radius 3 is 2.65 bits per heavy atom. The van der Waals surface area contributed by atoms with E-state index in [0.717, 1.165) is 36.2 Å². The molecule has 0 aliphatic carbocycles. The Bertz CT molecular complexity index is 411. The first kappa shape index (κ1) is 12.3. The van der Waals surface area contributed by atoms with Gasteiger partial charge in [-0.3, -0.25) is 4.79 Å². The van der Waals surface area contributed by atoms with Crippen molar-refractivity contribution in [1.82, 2.24) is 9.88 Å². The second-order valence-corrected chi connectivity index (χ2v) is 5.54. The number of likely N-dealkylation sites (N-methyl/N-ethyl adjacent to an activating group) is 1. The van der Waals surface area contributed by atoms with Crippen molar-refractivity contribution in [3.8, 4) is 0 Å². The minimum absolute atomic E-state index is 0.0239. The van der Waals surface area contributed by atoms with Gasteiger partial charge in [-0.05, 0) is 14.0 Å². The number of carboxylic acids is 1. The third kappa shape index (κ3) is 2.95. The van der Waals surface area contributed by atoms with Gasteiger partial charge in [0.1, 0.15) is 0 Å². The zero-order valence-electron chi connectivity index (χ0n) is 10.1. The van der Waals surface area contributed by atoms with Crippen molar-refractivity contribution in [2.75, 3.05) is 38.1 Å². The Labute approximate surface area is 105 Å². The normalized spacial score (nSPS) is 17.4. The zero-order chi connectivity index (χ0) is 12.4. The van der Waals surface area contributed by atoms with E-state index in [1.54, 1.807) is 11.3 Å². The number of nitrogens with zero attached hydrogens (tertiary/aromatic N) is 3. The number of carboxylic acid groups (broad SMARTS) is 1. The molecule has 0 radical (unpaired) electrons. The quantitative estimate of drug-likeness (QED) is 0.867. The highest BCUT2D eigenvalue weighted by Gasteiger charge is 2.19. The van der Waals surface area contributed by atoms with Crippen LogP contribution in [-0.4, -0.2) is 54.2 Å². The minimum atomic E-state index is -0.816. The van der Waals surface area contributed by atoms with Crippen molar-refractivity contribution in [1.29, 1.82) is 0 Å². The van der Waals surface area contributed by atoms with E-state index >= 15 is 0 Å². The van der Waals surface area contributed by atoms with E-state index in [1.807, 2.05) is 6.92 Å². The van der Waals surface area contributed by atoms with Crippen LogP contribution in [-0.2, 0) is 11.2 Å². The van der Waals surface area contributed by atoms with Crippen LogP contribution in [0, 0.1) is 6.92 Å². The zero-order valence-corrected chi connectivity index (χ0v) is 11.0. The summed E-state index contributed by atoms with van der Waals surface area (Å²) in [4.78, 5) is 20.7. The van der Waals surface area contributed by atoms with Gasteiger partial charge in [0.25, 0.3) is 0 Å². The highest BCUT2D eigenvalue weighted by molar-refractivity contribution is 7.15. The summed E-state index contributed by atoms with van der Waals surface area (Å²) >= 11 is 1.60. The van der Waals surface area contributed by atoms with Crippen molar-refractivity contribution in [2.45, 2.75) is 13.3 Å². The molecule has 2 rings (SSSR count). The molecule has 6 heteroatoms. The lowest BCUT2D eigenvalue weighted by Gasteiger charge is -2.32. The molecule has 1 fully saturated rings. The highest BCUT2D eigenvalue weighted by Crippen LogP contribution is 2.26. The molecule has 0 atom stereocenters. The van der Waals surface area contributed by atoms with Gasteiger partial charge in [-0.1, -0.05) is 0 Å². The molecule has 1 aliphatic heterocycles. The molecule has 0 aromatic carbocycles. The van der Waals surface area contributed by atoms with E-state index in [0.29, 0.717) is 5.69 Å². The summed E-state index contributed by atoms with van der Waals surface area (Å²) in [6.45, 7) is 5.95. The van der Waals surface area contributed by atoms with E-state index in [1.165, 1.54) is 0 Å². The number of piperazine rings is 1. The van der Waals surface area contributed by atoms with E-state index in [9.17, 15) is 4.79 Å². The van der Waals surface area contributed by atoms with Gasteiger partial charge in [0.15, 0.2) is 5.13 Å². The standard InChI is InChI=1S/C11H17N3O2S/c1-8-9(7-10(15)16)12-11(17-8)14-5-3-13(2)4-6-14/h3-7H2,1-2H3,(H,15,16). The lowest BCUT2D eigenvalue weighted by molar-refractivity contribution is -0.136. The number of hydrogen-bond donors (Lipinski definition) is 1. The molecule has 0 saturated carbocycles. The molecule has 94 valence electrons. The molecule has 2 heterocycles. The largest absolute Gasteiger partial charge is 0.481 e. The molecule has 1 aliphatic rings. The molecule has 5 nitrogen and oxygen atoms in total. The number of anilines is 1. The first-order valence-corrected chi connectivity index (χ1v) is 6.49. The molecular weight excluding hydrogens is 238 g/mol. The number of aromatic nitrogens is 1. The summed E-state index contributed by atoms with van der Waals surface area (Å²) in [5.74, 6) is -0.816. The third-order valence-corrected chi connectivity index (χ3v) is 4.05. The second kappa shape index (κ2) is 5.01. The van der Waals surface area contributed by atoms with E-state index < -0.39 is 5.97 Å². The van der Waals surface area contributed by atoms with Crippen LogP contribution >= 0.6 is 11.3 Å². The Balaban J connectivity index is 2.09. The average Bonchev–Trinajstić information content (AvgIpc) is 2.60. The van der Waals surface area contributed by atoms with Gasteiger partial charge in [-0.2, -0.15) is 0 Å². The topological polar surface area (TPSA) is 56.7 Å². The number of rotatable bonds is 3. The smallest absolute Gasteiger partial charge is 0.309 e. The summed E-state index contributed by atoms with van der Waals surface area (Å²) in [7, 11) is 2.11. The van der Waals surface area contributed by atoms with Crippen molar-refractivity contribution >= 4 is 22.4 Å². The van der Waals surface area contributed by atoms with Gasteiger partial charge in [-0.25, -0.2) is 4.98 Å². The SMILES string of the molecule is Cc1sc(N2CCN(C)CC2)nc1CC(=O)O. The number of carbonyl (C=O) groups is 1. The van der Waals surface area contributed by atoms with Gasteiger partial charge < -0.3 is 14.9 Å². The molecule has 0 bridgehead atoms. The summed E-state index contributed by atoms with van der Waals surface area (Å²) in [5, 5.41) is 9.75. The summed E-state index contributed by atoms with van der Waals surface area (Å²) in [6.07, 6.45) is 0.0239. The van der Waals surface area contributed by atoms with Crippen LogP contribution in [0.25, 0.3) is 0 Å². The van der Waals surface area contributed by atoms with Crippen LogP contribution in [0.1, 0.15) is 10.6 Å². The number of thiazole rings is 1. The van der Waals surface area contributed by atoms with Crippen LogP contribution in [0.2, 0.25) is 0 Å². The first-order chi connectivity index (χ1) is 8.06. The maximum atomic E-state index is 10.7. The predicted octanol–water partition coefficient (Wildman–Crippen LogP) is 0.830. The van der Waals surface area contributed by atoms with Gasteiger partial charge in [0.2, 0.25) is 0 Å². The van der Waals surface area contributed by atoms with Crippen LogP contribution in [0.4, 0.5) is 5.13 Å². The fourth-order valence-corrected chi connectivity index (χ4v) is 2.83. The second-order valence-electron chi connectivity index (χ2n) is 4.36. The van der Waals surface area contributed by atoms with Crippen LogP contribution in [0.15, 0.2) is 0 Å². The van der Waals surface area contributed by atoms with Crippen molar-refractivity contribution in [3.63, 3.8) is 0 Å². The average molecular weight is 255 g/mol. The summed E-state index contributed by atoms with van der Waals surface area (Å²) < 4.78 is 0. The van der Waals surface area contributed by atoms with Crippen LogP contribution in [0.5, 0.6) is 0 Å². The molecular formula is C11H17N3O2S. The van der Waals surface area contributed by atoms with E-state index in [2.05, 4.69) is 21.8 Å². The maximum Gasteiger partial charge on any atom is 0.309 e. The van der Waals surface area contributed by atoms with Crippen LogP contribution < -0.4 is 4.90 Å². The monoisotopic (exact) mass is 255 g/mol. The van der Waals surface area contributed by atoms with Crippen molar-refractivity contribution in [2.24, 2.45) is 0 Å². The molecule has 1 N–H and O–H groups in total. The van der Waals surface area contributed by atoms with Gasteiger partial charge >= 0.3 is 5.97 Å². The number of aryl methyl sites for hydroxylation is 1.